The van der Waals surface area contributed by atoms with Gasteiger partial charge >= 0.3 is 0 Å². The highest BCUT2D eigenvalue weighted by molar-refractivity contribution is 8.00. The normalized spacial score (nSPS) is 14.9. The first-order valence-corrected chi connectivity index (χ1v) is 43.4. The summed E-state index contributed by atoms with van der Waals surface area (Å²) >= 11 is 22.8. The van der Waals surface area contributed by atoms with E-state index in [1.807, 2.05) is 145 Å². The van der Waals surface area contributed by atoms with Crippen LogP contribution in [0.4, 0.5) is 34.1 Å². The van der Waals surface area contributed by atoms with Crippen LogP contribution in [-0.4, -0.2) is 40.6 Å². The lowest BCUT2D eigenvalue weighted by molar-refractivity contribution is 0.748. The van der Waals surface area contributed by atoms with Gasteiger partial charge in [-0.2, -0.15) is 0 Å². The fraction of sp³-hybridized carbons (Fsp3) is 0.0377. The van der Waals surface area contributed by atoms with Gasteiger partial charge in [-0.1, -0.05) is 363 Å². The molecule has 0 N–H and O–H groups in total. The van der Waals surface area contributed by atoms with E-state index in [1.54, 1.807) is 0 Å². The smallest absolute Gasteiger partial charge is 0.164 e. The molecule has 572 valence electrons. The summed E-state index contributed by atoms with van der Waals surface area (Å²) in [6, 6.07) is 139. The van der Waals surface area contributed by atoms with Crippen LogP contribution in [-0.2, 0) is 10.8 Å². The van der Waals surface area contributed by atoms with Crippen LogP contribution in [0.15, 0.2) is 408 Å². The van der Waals surface area contributed by atoms with Crippen LogP contribution < -0.4 is 9.80 Å². The largest absolute Gasteiger partial charge is 0.308 e. The van der Waals surface area contributed by atoms with Crippen molar-refractivity contribution in [3.8, 4) is 113 Å². The Balaban J connectivity index is 0.000000140. The van der Waals surface area contributed by atoms with Crippen LogP contribution in [0.3, 0.4) is 0 Å². The number of halogens is 4. The van der Waals surface area contributed by atoms with Gasteiger partial charge in [0.25, 0.3) is 0 Å². The van der Waals surface area contributed by atoms with E-state index >= 15 is 0 Å². The molecule has 6 heterocycles. The van der Waals surface area contributed by atoms with Crippen molar-refractivity contribution in [2.45, 2.75) is 30.4 Å². The highest BCUT2D eigenvalue weighted by Gasteiger charge is 2.56. The van der Waals surface area contributed by atoms with Crippen molar-refractivity contribution in [1.82, 2.24) is 29.9 Å². The van der Waals surface area contributed by atoms with Gasteiger partial charge in [-0.3, -0.25) is 0 Å². The monoisotopic (exact) mass is 1660 g/mol. The summed E-state index contributed by atoms with van der Waals surface area (Å²) in [6.07, 6.45) is 0. The van der Waals surface area contributed by atoms with Gasteiger partial charge in [0.15, 0.2) is 34.9 Å². The van der Waals surface area contributed by atoms with Gasteiger partial charge in [0.05, 0.1) is 55.6 Å². The number of alkyl halides is 4. The third-order valence-electron chi connectivity index (χ3n) is 23.4. The van der Waals surface area contributed by atoms with Gasteiger partial charge < -0.3 is 9.80 Å². The lowest BCUT2D eigenvalue weighted by Crippen LogP contribution is -2.37. The average Bonchev–Trinajstić information content (AvgIpc) is 1.46. The van der Waals surface area contributed by atoms with Crippen LogP contribution in [0.25, 0.3) is 113 Å². The third kappa shape index (κ3) is 12.2. The minimum Gasteiger partial charge on any atom is -0.308 e. The first kappa shape index (κ1) is 74.5. The molecule has 0 fully saturated rings. The van der Waals surface area contributed by atoms with E-state index in [9.17, 15) is 0 Å². The third-order valence-corrected chi connectivity index (χ3v) is 25.7. The van der Waals surface area contributed by atoms with Gasteiger partial charge in [0.1, 0.15) is 0 Å². The summed E-state index contributed by atoms with van der Waals surface area (Å²) in [6.45, 7) is 0. The summed E-state index contributed by atoms with van der Waals surface area (Å²) in [5.74, 6) is 3.90. The van der Waals surface area contributed by atoms with Crippen LogP contribution in [0.5, 0.6) is 0 Å². The lowest BCUT2D eigenvalue weighted by atomic mass is 9.63. The standard InChI is InChI=1S/2C52H32N4S.2CH2Cl2/c2*1-3-15-34(16-4-1)49-53-50(35-17-5-2-6-18-35)55-51(54-49)36-31-29-33(30-32-36)37-20-13-21-39-38-19-7-8-22-40(38)52(47(37)39)41-23-9-10-25-43(41)56-44-26-11-12-27-45(44)57-46-28-14-24-42(52)48(46)56;2*2-1-3/h2*1-32H;2*1H2/t2*52-;;/m00../s1. The van der Waals surface area contributed by atoms with Crippen molar-refractivity contribution in [3.05, 3.63) is 433 Å². The fourth-order valence-corrected chi connectivity index (χ4v) is 21.0. The fourth-order valence-electron chi connectivity index (χ4n) is 18.8. The molecule has 120 heavy (non-hydrogen) atoms. The summed E-state index contributed by atoms with van der Waals surface area (Å²) in [4.78, 5) is 40.0. The molecule has 18 aromatic rings. The van der Waals surface area contributed by atoms with E-state index in [2.05, 4.69) is 277 Å². The predicted molar refractivity (Wildman–Crippen MR) is 496 cm³/mol. The van der Waals surface area contributed by atoms with Gasteiger partial charge in [-0.05, 0) is 138 Å². The van der Waals surface area contributed by atoms with Gasteiger partial charge in [-0.15, -0.1) is 46.4 Å². The molecule has 4 aliphatic heterocycles. The number of benzene rings is 16. The average molecular weight is 1660 g/mol. The maximum absolute atomic E-state index is 5.02. The Kier molecular flexibility index (Phi) is 19.5. The number of para-hydroxylation sites is 6. The van der Waals surface area contributed by atoms with Crippen LogP contribution in [0, 0.1) is 0 Å². The Morgan fingerprint density at radius 2 is 0.433 bits per heavy atom. The maximum Gasteiger partial charge on any atom is 0.164 e. The number of anilines is 6. The highest BCUT2D eigenvalue weighted by Crippen LogP contribution is 2.70. The number of fused-ring (bicyclic) bond motifs is 22. The first-order chi connectivity index (χ1) is 59.4. The van der Waals surface area contributed by atoms with Gasteiger partial charge in [-0.25, -0.2) is 29.9 Å². The predicted octanol–water partition coefficient (Wildman–Crippen LogP) is 29.1. The molecule has 2 aromatic heterocycles. The van der Waals surface area contributed by atoms with Crippen molar-refractivity contribution in [1.29, 1.82) is 0 Å². The van der Waals surface area contributed by atoms with Crippen molar-refractivity contribution in [2.75, 3.05) is 20.5 Å². The second-order valence-corrected chi connectivity index (χ2v) is 33.4. The minimum atomic E-state index is -0.546. The topological polar surface area (TPSA) is 83.8 Å². The summed E-state index contributed by atoms with van der Waals surface area (Å²) in [5.41, 5.74) is 32.3. The molecule has 2 spiro atoms. The molecular formula is C106H68Cl4N8S2. The minimum absolute atomic E-state index is 0.194. The number of aromatic nitrogens is 6. The highest BCUT2D eigenvalue weighted by atomic mass is 35.5. The second-order valence-electron chi connectivity index (χ2n) is 29.6. The molecule has 2 atom stereocenters. The van der Waals surface area contributed by atoms with Crippen molar-refractivity contribution in [2.24, 2.45) is 0 Å². The van der Waals surface area contributed by atoms with Crippen LogP contribution in [0.1, 0.15) is 44.5 Å². The van der Waals surface area contributed by atoms with Gasteiger partial charge in [0.2, 0.25) is 0 Å². The summed E-state index contributed by atoms with van der Waals surface area (Å²) in [7, 11) is 0. The first-order valence-electron chi connectivity index (χ1n) is 39.6. The Hall–Kier alpha value is -13.0. The Morgan fingerprint density at radius 1 is 0.200 bits per heavy atom. The zero-order chi connectivity index (χ0) is 80.4. The van der Waals surface area contributed by atoms with Crippen molar-refractivity contribution in [3.63, 3.8) is 0 Å². The molecule has 8 nitrogen and oxygen atoms in total. The molecule has 2 aliphatic carbocycles. The van der Waals surface area contributed by atoms with E-state index in [0.29, 0.717) is 34.9 Å². The van der Waals surface area contributed by atoms with Crippen molar-refractivity contribution < 1.29 is 0 Å². The zero-order valence-corrected chi connectivity index (χ0v) is 68.9. The summed E-state index contributed by atoms with van der Waals surface area (Å²) < 4.78 is 0. The number of nitrogens with zero attached hydrogens (tertiary/aromatic N) is 8. The van der Waals surface area contributed by atoms with E-state index < -0.39 is 10.8 Å². The number of rotatable bonds is 8. The molecule has 14 heteroatoms. The molecular weight excluding hydrogens is 1590 g/mol. The van der Waals surface area contributed by atoms with Crippen LogP contribution in [0.2, 0.25) is 0 Å². The van der Waals surface area contributed by atoms with Crippen LogP contribution >= 0.6 is 69.9 Å². The molecule has 0 saturated carbocycles. The number of hydrogen-bond acceptors (Lipinski definition) is 10. The van der Waals surface area contributed by atoms with E-state index in [-0.39, 0.29) is 10.7 Å². The van der Waals surface area contributed by atoms with E-state index in [4.69, 9.17) is 76.3 Å². The van der Waals surface area contributed by atoms with E-state index in [1.165, 1.54) is 132 Å². The van der Waals surface area contributed by atoms with Gasteiger partial charge in [0, 0.05) is 53.0 Å². The molecule has 0 amide bonds. The summed E-state index contributed by atoms with van der Waals surface area (Å²) in [5, 5.41) is 0.389. The molecule has 16 aromatic carbocycles. The maximum atomic E-state index is 5.02. The second kappa shape index (κ2) is 31.4. The quantitative estimate of drug-likeness (QED) is 0.137. The zero-order valence-electron chi connectivity index (χ0n) is 64.3. The Labute approximate surface area is 724 Å². The molecule has 6 aliphatic rings. The molecule has 0 saturated heterocycles. The Morgan fingerprint density at radius 3 is 0.775 bits per heavy atom. The number of hydrogen-bond donors (Lipinski definition) is 0. The molecule has 0 unspecified atom stereocenters. The van der Waals surface area contributed by atoms with E-state index in [0.717, 1.165) is 44.5 Å². The molecule has 0 radical (unpaired) electrons. The lowest BCUT2D eigenvalue weighted by Gasteiger charge is -2.47. The Bertz CT molecular complexity index is 6470. The SMILES string of the molecule is ClCCl.ClCCl.c1ccc(-c2nc(-c3ccccc3)nc(-c3ccc(-c4cccc5c4[C@@]4(c6ccccc6-5)c5ccccc5N5c6ccccc6Sc6cccc4c65)cc3)n2)cc1.c1ccc(-c2nc(-c3ccccc3)nc(-c3ccc(-c4cccc5c4[C@@]4(c6ccccc6-5)c5ccccc5N5c6ccccc6Sc6cccc4c65)cc3)n2)cc1. The van der Waals surface area contributed by atoms with Crippen molar-refractivity contribution >= 4 is 104 Å². The molecule has 24 rings (SSSR count). The molecule has 0 bridgehead atoms.